The van der Waals surface area contributed by atoms with Crippen LogP contribution in [0.4, 0.5) is 0 Å². The molecule has 0 spiro atoms. The van der Waals surface area contributed by atoms with Crippen LogP contribution in [0.15, 0.2) is 60.7 Å². The number of aryl methyl sites for hydroxylation is 2. The van der Waals surface area contributed by atoms with E-state index < -0.39 is 0 Å². The van der Waals surface area contributed by atoms with E-state index >= 15 is 0 Å². The second-order valence-corrected chi connectivity index (χ2v) is 4.90. The highest BCUT2D eigenvalue weighted by molar-refractivity contribution is 6.92. The summed E-state index contributed by atoms with van der Waals surface area (Å²) in [5.41, 5.74) is 5.26. The van der Waals surface area contributed by atoms with E-state index in [0.717, 1.165) is 0 Å². The van der Waals surface area contributed by atoms with Gasteiger partial charge in [-0.2, -0.15) is 9.90 Å². The highest BCUT2D eigenvalue weighted by Gasteiger charge is 2.04. The maximum absolute atomic E-state index is 2.26. The molecule has 0 aliphatic heterocycles. The number of hydrogen-bond donors (Lipinski definition) is 0. The van der Waals surface area contributed by atoms with Crippen molar-refractivity contribution >= 4 is 20.7 Å². The molecular weight excluding hydrogens is 247 g/mol. The van der Waals surface area contributed by atoms with Gasteiger partial charge in [0.15, 0.2) is 0 Å². The molecule has 0 aliphatic rings. The fraction of sp³-hybridized carbons (Fsp3) is 0.111. The number of benzene rings is 3. The zero-order valence-corrected chi connectivity index (χ0v) is 12.9. The van der Waals surface area contributed by atoms with E-state index in [1.54, 1.807) is 0 Å². The van der Waals surface area contributed by atoms with Crippen LogP contribution < -0.4 is 0 Å². The van der Waals surface area contributed by atoms with Crippen molar-refractivity contribution in [1.82, 2.24) is 0 Å². The predicted molar refractivity (Wildman–Crippen MR) is 90.0 cm³/mol. The predicted octanol–water partition coefficient (Wildman–Crippen LogP) is 5.18. The Balaban J connectivity index is 0.00000133. The van der Waals surface area contributed by atoms with Gasteiger partial charge in [-0.25, -0.2) is 0 Å². The monoisotopic (exact) mass is 266 g/mol. The minimum Gasteiger partial charge on any atom is -0.153 e. The van der Waals surface area contributed by atoms with Crippen LogP contribution in [-0.2, 0) is 0 Å². The Hall–Kier alpha value is -1.65. The SMILES string of the molecule is Cc1cc(C)cc(-c2cccc3ccccc23)c1.P. The molecule has 0 N–H and O–H groups in total. The molecule has 0 aromatic heterocycles. The molecule has 1 heteroatoms. The second-order valence-electron chi connectivity index (χ2n) is 4.90. The second kappa shape index (κ2) is 5.55. The quantitative estimate of drug-likeness (QED) is 0.532. The van der Waals surface area contributed by atoms with Crippen molar-refractivity contribution in [2.24, 2.45) is 0 Å². The Labute approximate surface area is 118 Å². The van der Waals surface area contributed by atoms with Gasteiger partial charge in [0.25, 0.3) is 0 Å². The third kappa shape index (κ3) is 2.69. The summed E-state index contributed by atoms with van der Waals surface area (Å²) >= 11 is 0. The highest BCUT2D eigenvalue weighted by atomic mass is 31.0. The van der Waals surface area contributed by atoms with Crippen LogP contribution in [0.3, 0.4) is 0 Å². The van der Waals surface area contributed by atoms with Gasteiger partial charge in [-0.1, -0.05) is 71.8 Å². The van der Waals surface area contributed by atoms with Crippen molar-refractivity contribution in [3.8, 4) is 11.1 Å². The molecular formula is C18H19P. The van der Waals surface area contributed by atoms with Crippen LogP contribution in [0, 0.1) is 13.8 Å². The first-order valence-corrected chi connectivity index (χ1v) is 6.30. The molecule has 96 valence electrons. The smallest absolute Gasteiger partial charge is 0.0105 e. The zero-order valence-electron chi connectivity index (χ0n) is 11.5. The lowest BCUT2D eigenvalue weighted by atomic mass is 9.96. The minimum absolute atomic E-state index is 0. The van der Waals surface area contributed by atoms with Gasteiger partial charge in [-0.15, -0.1) is 0 Å². The van der Waals surface area contributed by atoms with Gasteiger partial charge in [-0.05, 0) is 35.7 Å². The molecule has 1 unspecified atom stereocenters. The number of hydrogen-bond acceptors (Lipinski definition) is 0. The number of rotatable bonds is 1. The average Bonchev–Trinajstić information content (AvgIpc) is 2.37. The van der Waals surface area contributed by atoms with E-state index in [4.69, 9.17) is 0 Å². The van der Waals surface area contributed by atoms with E-state index in [1.165, 1.54) is 33.0 Å². The topological polar surface area (TPSA) is 0 Å². The van der Waals surface area contributed by atoms with Gasteiger partial charge in [0, 0.05) is 0 Å². The van der Waals surface area contributed by atoms with Crippen LogP contribution in [0.25, 0.3) is 21.9 Å². The van der Waals surface area contributed by atoms with Gasteiger partial charge in [0.05, 0.1) is 0 Å². The summed E-state index contributed by atoms with van der Waals surface area (Å²) < 4.78 is 0. The first-order chi connectivity index (χ1) is 8.74. The van der Waals surface area contributed by atoms with E-state index in [1.807, 2.05) is 0 Å². The highest BCUT2D eigenvalue weighted by Crippen LogP contribution is 2.29. The van der Waals surface area contributed by atoms with E-state index in [2.05, 4.69) is 74.5 Å². The van der Waals surface area contributed by atoms with Crippen molar-refractivity contribution in [1.29, 1.82) is 0 Å². The fourth-order valence-corrected chi connectivity index (χ4v) is 2.61. The van der Waals surface area contributed by atoms with Crippen molar-refractivity contribution < 1.29 is 0 Å². The largest absolute Gasteiger partial charge is 0.153 e. The summed E-state index contributed by atoms with van der Waals surface area (Å²) in [6, 6.07) is 21.8. The zero-order chi connectivity index (χ0) is 12.5. The van der Waals surface area contributed by atoms with Crippen LogP contribution >= 0.6 is 9.90 Å². The molecule has 3 aromatic rings. The van der Waals surface area contributed by atoms with Crippen molar-refractivity contribution in [2.75, 3.05) is 0 Å². The molecule has 0 nitrogen and oxygen atoms in total. The first-order valence-electron chi connectivity index (χ1n) is 6.30. The van der Waals surface area contributed by atoms with Crippen LogP contribution in [0.2, 0.25) is 0 Å². The van der Waals surface area contributed by atoms with Gasteiger partial charge in [0.2, 0.25) is 0 Å². The van der Waals surface area contributed by atoms with Crippen LogP contribution in [0.1, 0.15) is 11.1 Å². The fourth-order valence-electron chi connectivity index (χ4n) is 2.61. The van der Waals surface area contributed by atoms with Gasteiger partial charge >= 0.3 is 0 Å². The molecule has 0 aliphatic carbocycles. The molecule has 3 aromatic carbocycles. The standard InChI is InChI=1S/C18H16.H3P/c1-13-10-14(2)12-16(11-13)18-9-5-7-15-6-3-4-8-17(15)18;/h3-12H,1-2H3;1H3. The Kier molecular flexibility index (Phi) is 4.02. The molecule has 0 bridgehead atoms. The number of fused-ring (bicyclic) bond motifs is 1. The molecule has 1 atom stereocenters. The Bertz CT molecular complexity index is 688. The summed E-state index contributed by atoms with van der Waals surface area (Å²) in [6.07, 6.45) is 0. The normalized spacial score (nSPS) is 10.2. The van der Waals surface area contributed by atoms with Gasteiger partial charge in [-0.3, -0.25) is 0 Å². The summed E-state index contributed by atoms with van der Waals surface area (Å²) in [7, 11) is 0. The first kappa shape index (κ1) is 13.8. The molecule has 19 heavy (non-hydrogen) atoms. The van der Waals surface area contributed by atoms with Crippen LogP contribution in [-0.4, -0.2) is 0 Å². The summed E-state index contributed by atoms with van der Waals surface area (Å²) in [4.78, 5) is 0. The van der Waals surface area contributed by atoms with Crippen molar-refractivity contribution in [3.05, 3.63) is 71.8 Å². The average molecular weight is 266 g/mol. The van der Waals surface area contributed by atoms with Crippen LogP contribution in [0.5, 0.6) is 0 Å². The maximum atomic E-state index is 2.26. The van der Waals surface area contributed by atoms with Gasteiger partial charge in [0.1, 0.15) is 0 Å². The lowest BCUT2D eigenvalue weighted by Gasteiger charge is -2.09. The van der Waals surface area contributed by atoms with Gasteiger partial charge < -0.3 is 0 Å². The Morgan fingerprint density at radius 2 is 1.32 bits per heavy atom. The van der Waals surface area contributed by atoms with E-state index in [9.17, 15) is 0 Å². The molecule has 0 saturated carbocycles. The maximum Gasteiger partial charge on any atom is -0.0105 e. The summed E-state index contributed by atoms with van der Waals surface area (Å²) in [5, 5.41) is 2.62. The van der Waals surface area contributed by atoms with Crippen molar-refractivity contribution in [3.63, 3.8) is 0 Å². The Morgan fingerprint density at radius 1 is 0.684 bits per heavy atom. The Morgan fingerprint density at radius 3 is 2.05 bits per heavy atom. The van der Waals surface area contributed by atoms with E-state index in [-0.39, 0.29) is 9.90 Å². The summed E-state index contributed by atoms with van der Waals surface area (Å²) in [5.74, 6) is 0. The lowest BCUT2D eigenvalue weighted by Crippen LogP contribution is -1.84. The molecule has 0 amide bonds. The third-order valence-corrected chi connectivity index (χ3v) is 3.32. The molecule has 3 rings (SSSR count). The van der Waals surface area contributed by atoms with E-state index in [0.29, 0.717) is 0 Å². The molecule has 0 fully saturated rings. The minimum atomic E-state index is 0. The summed E-state index contributed by atoms with van der Waals surface area (Å²) in [6.45, 7) is 4.31. The molecule has 0 saturated heterocycles. The molecule has 0 heterocycles. The molecule has 0 radical (unpaired) electrons. The lowest BCUT2D eigenvalue weighted by molar-refractivity contribution is 1.39. The van der Waals surface area contributed by atoms with Crippen molar-refractivity contribution in [2.45, 2.75) is 13.8 Å². The third-order valence-electron chi connectivity index (χ3n) is 3.32.